The fraction of sp³-hybridized carbons (Fsp3) is 0.0769. The fourth-order valence-corrected chi connectivity index (χ4v) is 1.31. The van der Waals surface area contributed by atoms with Gasteiger partial charge in [-0.15, -0.1) is 0 Å². The van der Waals surface area contributed by atoms with E-state index in [0.717, 1.165) is 5.69 Å². The van der Waals surface area contributed by atoms with Crippen LogP contribution in [-0.2, 0) is 0 Å². The zero-order valence-electron chi connectivity index (χ0n) is 9.34. The van der Waals surface area contributed by atoms with E-state index in [-0.39, 0.29) is 0 Å². The second kappa shape index (κ2) is 4.99. The summed E-state index contributed by atoms with van der Waals surface area (Å²) in [6.45, 7) is 0. The predicted octanol–water partition coefficient (Wildman–Crippen LogP) is 2.79. The number of benzene rings is 1. The first-order chi connectivity index (χ1) is 8.31. The van der Waals surface area contributed by atoms with Crippen molar-refractivity contribution in [1.82, 2.24) is 4.98 Å². The van der Waals surface area contributed by atoms with E-state index in [1.165, 1.54) is 0 Å². The number of anilines is 1. The van der Waals surface area contributed by atoms with Crippen LogP contribution in [0.2, 0.25) is 0 Å². The summed E-state index contributed by atoms with van der Waals surface area (Å²) in [6, 6.07) is 12.6. The summed E-state index contributed by atoms with van der Waals surface area (Å²) >= 11 is 0. The lowest BCUT2D eigenvalue weighted by Gasteiger charge is -2.05. The Hall–Kier alpha value is -2.54. The molecule has 1 heterocycles. The highest BCUT2D eigenvalue weighted by molar-refractivity contribution is 5.42. The van der Waals surface area contributed by atoms with Gasteiger partial charge < -0.3 is 10.1 Å². The van der Waals surface area contributed by atoms with Gasteiger partial charge in [-0.3, -0.25) is 0 Å². The van der Waals surface area contributed by atoms with Crippen LogP contribution in [-0.4, -0.2) is 12.0 Å². The van der Waals surface area contributed by atoms with Crippen molar-refractivity contribution in [2.24, 2.45) is 0 Å². The highest BCUT2D eigenvalue weighted by atomic mass is 16.5. The summed E-state index contributed by atoms with van der Waals surface area (Å²) in [6.07, 6.45) is 1.69. The smallest absolute Gasteiger partial charge is 0.219 e. The molecule has 2 rings (SSSR count). The molecule has 0 fully saturated rings. The molecule has 0 saturated carbocycles. The molecule has 2 aromatic rings. The van der Waals surface area contributed by atoms with Crippen molar-refractivity contribution in [3.8, 4) is 17.7 Å². The third-order valence-electron chi connectivity index (χ3n) is 2.23. The van der Waals surface area contributed by atoms with Gasteiger partial charge in [-0.1, -0.05) is 0 Å². The molecule has 1 N–H and O–H groups in total. The summed E-state index contributed by atoms with van der Waals surface area (Å²) in [7, 11) is 1.83. The maximum atomic E-state index is 8.67. The number of pyridine rings is 1. The van der Waals surface area contributed by atoms with Gasteiger partial charge in [-0.2, -0.15) is 5.26 Å². The first-order valence-corrected chi connectivity index (χ1v) is 5.13. The maximum absolute atomic E-state index is 8.67. The van der Waals surface area contributed by atoms with Gasteiger partial charge in [0.25, 0.3) is 0 Å². The maximum Gasteiger partial charge on any atom is 0.219 e. The SMILES string of the molecule is CNc1ccc(Oc2ccc(C#N)cc2)nc1. The van der Waals surface area contributed by atoms with E-state index < -0.39 is 0 Å². The first-order valence-electron chi connectivity index (χ1n) is 5.13. The average Bonchev–Trinajstić information content (AvgIpc) is 2.40. The summed E-state index contributed by atoms with van der Waals surface area (Å²) in [5.41, 5.74) is 1.54. The molecular formula is C13H11N3O. The van der Waals surface area contributed by atoms with Gasteiger partial charge in [-0.25, -0.2) is 4.98 Å². The number of hydrogen-bond donors (Lipinski definition) is 1. The molecule has 0 unspecified atom stereocenters. The second-order valence-electron chi connectivity index (χ2n) is 3.37. The Morgan fingerprint density at radius 2 is 1.94 bits per heavy atom. The fourth-order valence-electron chi connectivity index (χ4n) is 1.31. The topological polar surface area (TPSA) is 57.9 Å². The number of hydrogen-bond acceptors (Lipinski definition) is 4. The molecule has 0 aliphatic carbocycles. The Balaban J connectivity index is 2.11. The van der Waals surface area contributed by atoms with Crippen molar-refractivity contribution in [1.29, 1.82) is 5.26 Å². The minimum absolute atomic E-state index is 0.522. The molecule has 0 amide bonds. The van der Waals surface area contributed by atoms with Crippen LogP contribution in [0.3, 0.4) is 0 Å². The molecule has 0 saturated heterocycles. The molecule has 0 atom stereocenters. The van der Waals surface area contributed by atoms with Crippen LogP contribution in [0.1, 0.15) is 5.56 Å². The van der Waals surface area contributed by atoms with Crippen molar-refractivity contribution < 1.29 is 4.74 Å². The normalized spacial score (nSPS) is 9.41. The lowest BCUT2D eigenvalue weighted by molar-refractivity contribution is 0.463. The third kappa shape index (κ3) is 2.73. The van der Waals surface area contributed by atoms with Gasteiger partial charge in [-0.05, 0) is 30.3 Å². The number of nitrogens with zero attached hydrogens (tertiary/aromatic N) is 2. The molecule has 1 aromatic carbocycles. The van der Waals surface area contributed by atoms with Gasteiger partial charge in [0.1, 0.15) is 5.75 Å². The highest BCUT2D eigenvalue weighted by Crippen LogP contribution is 2.20. The molecule has 0 bridgehead atoms. The van der Waals surface area contributed by atoms with Crippen LogP contribution in [0.4, 0.5) is 5.69 Å². The number of nitrogens with one attached hydrogen (secondary N) is 1. The van der Waals surface area contributed by atoms with Crippen LogP contribution in [0.5, 0.6) is 11.6 Å². The van der Waals surface area contributed by atoms with Gasteiger partial charge in [0.15, 0.2) is 0 Å². The van der Waals surface area contributed by atoms with Gasteiger partial charge >= 0.3 is 0 Å². The summed E-state index contributed by atoms with van der Waals surface area (Å²) in [4.78, 5) is 4.14. The summed E-state index contributed by atoms with van der Waals surface area (Å²) in [5.74, 6) is 1.18. The summed E-state index contributed by atoms with van der Waals surface area (Å²) < 4.78 is 5.53. The van der Waals surface area contributed by atoms with Crippen LogP contribution >= 0.6 is 0 Å². The molecule has 4 nitrogen and oxygen atoms in total. The van der Waals surface area contributed by atoms with Crippen molar-refractivity contribution in [2.75, 3.05) is 12.4 Å². The van der Waals surface area contributed by atoms with Crippen LogP contribution in [0, 0.1) is 11.3 Å². The first kappa shape index (κ1) is 11.0. The molecule has 17 heavy (non-hydrogen) atoms. The van der Waals surface area contributed by atoms with E-state index in [1.54, 1.807) is 36.5 Å². The van der Waals surface area contributed by atoms with Crippen LogP contribution < -0.4 is 10.1 Å². The lowest BCUT2D eigenvalue weighted by atomic mass is 10.2. The molecule has 0 radical (unpaired) electrons. The number of nitriles is 1. The van der Waals surface area contributed by atoms with Gasteiger partial charge in [0.05, 0.1) is 23.5 Å². The zero-order chi connectivity index (χ0) is 12.1. The van der Waals surface area contributed by atoms with E-state index in [4.69, 9.17) is 10.00 Å². The Labute approximate surface area is 99.5 Å². The Morgan fingerprint density at radius 1 is 1.18 bits per heavy atom. The van der Waals surface area contributed by atoms with Crippen molar-refractivity contribution in [3.05, 3.63) is 48.2 Å². The Kier molecular flexibility index (Phi) is 3.22. The second-order valence-corrected chi connectivity index (χ2v) is 3.37. The number of rotatable bonds is 3. The molecule has 0 spiro atoms. The molecule has 1 aromatic heterocycles. The third-order valence-corrected chi connectivity index (χ3v) is 2.23. The summed E-state index contributed by atoms with van der Waals surface area (Å²) in [5, 5.41) is 11.6. The number of aromatic nitrogens is 1. The monoisotopic (exact) mass is 225 g/mol. The largest absolute Gasteiger partial charge is 0.439 e. The minimum Gasteiger partial charge on any atom is -0.439 e. The van der Waals surface area contributed by atoms with E-state index >= 15 is 0 Å². The standard InChI is InChI=1S/C13H11N3O/c1-15-11-4-7-13(16-9-11)17-12-5-2-10(8-14)3-6-12/h2-7,9,15H,1H3. The lowest BCUT2D eigenvalue weighted by Crippen LogP contribution is -1.91. The van der Waals surface area contributed by atoms with Crippen molar-refractivity contribution in [2.45, 2.75) is 0 Å². The molecule has 4 heteroatoms. The average molecular weight is 225 g/mol. The quantitative estimate of drug-likeness (QED) is 0.872. The molecule has 0 aliphatic heterocycles. The van der Waals surface area contributed by atoms with Gasteiger partial charge in [0.2, 0.25) is 5.88 Å². The van der Waals surface area contributed by atoms with E-state index in [2.05, 4.69) is 16.4 Å². The molecular weight excluding hydrogens is 214 g/mol. The van der Waals surface area contributed by atoms with Crippen molar-refractivity contribution >= 4 is 5.69 Å². The van der Waals surface area contributed by atoms with E-state index in [0.29, 0.717) is 17.2 Å². The predicted molar refractivity (Wildman–Crippen MR) is 65.0 cm³/mol. The van der Waals surface area contributed by atoms with Crippen molar-refractivity contribution in [3.63, 3.8) is 0 Å². The van der Waals surface area contributed by atoms with Crippen LogP contribution in [0.25, 0.3) is 0 Å². The zero-order valence-corrected chi connectivity index (χ0v) is 9.34. The van der Waals surface area contributed by atoms with E-state index in [1.807, 2.05) is 13.1 Å². The van der Waals surface area contributed by atoms with Gasteiger partial charge in [0, 0.05) is 13.1 Å². The van der Waals surface area contributed by atoms with E-state index in [9.17, 15) is 0 Å². The Bertz CT molecular complexity index is 526. The van der Waals surface area contributed by atoms with Crippen LogP contribution in [0.15, 0.2) is 42.6 Å². The molecule has 84 valence electrons. The number of ether oxygens (including phenoxy) is 1. The minimum atomic E-state index is 0.522. The Morgan fingerprint density at radius 3 is 2.47 bits per heavy atom. The molecule has 0 aliphatic rings. The highest BCUT2D eigenvalue weighted by Gasteiger charge is 1.99.